The molecule has 0 saturated carbocycles. The number of rotatable bonds is 0. The molecule has 0 unspecified atom stereocenters. The van der Waals surface area contributed by atoms with E-state index in [1.54, 1.807) is 0 Å². The van der Waals surface area contributed by atoms with E-state index in [1.807, 2.05) is 6.92 Å². The number of methoxy groups -OCH3 is 1. The normalized spacial score (nSPS) is 6.75. The molecule has 0 aliphatic rings. The van der Waals surface area contributed by atoms with Crippen LogP contribution in [0.3, 0.4) is 0 Å². The van der Waals surface area contributed by atoms with Crippen LogP contribution in [-0.4, -0.2) is 12.2 Å². The summed E-state index contributed by atoms with van der Waals surface area (Å²) in [5.74, 6) is 5.42. The van der Waals surface area contributed by atoms with E-state index >= 15 is 0 Å². The summed E-state index contributed by atoms with van der Waals surface area (Å²) in [6.45, 7) is 1.96. The van der Waals surface area contributed by atoms with Gasteiger partial charge < -0.3 is 4.74 Å². The molecule has 8 heavy (non-hydrogen) atoms. The molecule has 0 atom stereocenters. The first kappa shape index (κ1) is 7.45. The first-order valence-corrected chi connectivity index (χ1v) is 2.79. The van der Waals surface area contributed by atoms with Crippen LogP contribution in [0.4, 0.5) is 0 Å². The fraction of sp³-hybridized carbons (Fsp3) is 0.500. The standard InChI is InChI=1S/C6H8OS/c1-3-4-5-6(8)7-2/h3H2,1-2H3. The first-order valence-electron chi connectivity index (χ1n) is 2.38. The van der Waals surface area contributed by atoms with E-state index in [-0.39, 0.29) is 0 Å². The molecule has 0 N–H and O–H groups in total. The highest BCUT2D eigenvalue weighted by Crippen LogP contribution is 1.75. The van der Waals surface area contributed by atoms with Crippen molar-refractivity contribution >= 4 is 17.3 Å². The molecular formula is C6H8OS. The molecule has 0 saturated heterocycles. The molecule has 0 radical (unpaired) electrons. The van der Waals surface area contributed by atoms with Gasteiger partial charge in [-0.25, -0.2) is 0 Å². The van der Waals surface area contributed by atoms with Gasteiger partial charge in [-0.3, -0.25) is 0 Å². The fourth-order valence-electron chi connectivity index (χ4n) is 0.212. The lowest BCUT2D eigenvalue weighted by Gasteiger charge is -1.86. The fourth-order valence-corrected chi connectivity index (χ4v) is 0.284. The summed E-state index contributed by atoms with van der Waals surface area (Å²) in [4.78, 5) is 0. The molecule has 0 aliphatic carbocycles. The summed E-state index contributed by atoms with van der Waals surface area (Å²) < 4.78 is 4.61. The molecule has 0 fully saturated rings. The number of hydrogen-bond donors (Lipinski definition) is 0. The predicted octanol–water partition coefficient (Wildman–Crippen LogP) is 1.37. The van der Waals surface area contributed by atoms with Gasteiger partial charge in [-0.15, -0.1) is 0 Å². The second-order valence-electron chi connectivity index (χ2n) is 1.15. The molecule has 0 aliphatic heterocycles. The highest BCUT2D eigenvalue weighted by molar-refractivity contribution is 7.80. The van der Waals surface area contributed by atoms with Crippen LogP contribution in [0.1, 0.15) is 13.3 Å². The molecule has 0 spiro atoms. The highest BCUT2D eigenvalue weighted by Gasteiger charge is 1.79. The average Bonchev–Trinajstić information content (AvgIpc) is 1.83. The minimum atomic E-state index is 0.367. The van der Waals surface area contributed by atoms with Crippen molar-refractivity contribution in [2.75, 3.05) is 7.11 Å². The molecule has 44 valence electrons. The Kier molecular flexibility index (Phi) is 4.29. The van der Waals surface area contributed by atoms with E-state index in [2.05, 4.69) is 28.8 Å². The molecule has 0 aromatic carbocycles. The van der Waals surface area contributed by atoms with Crippen molar-refractivity contribution in [2.45, 2.75) is 13.3 Å². The minimum absolute atomic E-state index is 0.367. The van der Waals surface area contributed by atoms with Crippen LogP contribution in [0.2, 0.25) is 0 Å². The van der Waals surface area contributed by atoms with Gasteiger partial charge in [0.25, 0.3) is 0 Å². The molecule has 0 rings (SSSR count). The van der Waals surface area contributed by atoms with Gasteiger partial charge in [0.2, 0.25) is 5.05 Å². The van der Waals surface area contributed by atoms with Crippen LogP contribution in [0.15, 0.2) is 0 Å². The van der Waals surface area contributed by atoms with Gasteiger partial charge in [-0.05, 0) is 18.1 Å². The maximum Gasteiger partial charge on any atom is 0.237 e. The van der Waals surface area contributed by atoms with Crippen molar-refractivity contribution < 1.29 is 4.74 Å². The van der Waals surface area contributed by atoms with Crippen LogP contribution in [0.5, 0.6) is 0 Å². The Morgan fingerprint density at radius 1 is 1.75 bits per heavy atom. The number of thiocarbonyl (C=S) groups is 1. The second kappa shape index (κ2) is 4.61. The largest absolute Gasteiger partial charge is 0.480 e. The molecule has 0 aromatic heterocycles. The molecule has 0 amide bonds. The van der Waals surface area contributed by atoms with Crippen LogP contribution in [0, 0.1) is 11.8 Å². The molecule has 2 heteroatoms. The quantitative estimate of drug-likeness (QED) is 0.360. The van der Waals surface area contributed by atoms with E-state index in [9.17, 15) is 0 Å². The van der Waals surface area contributed by atoms with Gasteiger partial charge in [0, 0.05) is 6.42 Å². The number of hydrogen-bond acceptors (Lipinski definition) is 2. The van der Waals surface area contributed by atoms with E-state index in [0.717, 1.165) is 6.42 Å². The molecular weight excluding hydrogens is 120 g/mol. The highest BCUT2D eigenvalue weighted by atomic mass is 32.1. The lowest BCUT2D eigenvalue weighted by atomic mass is 10.5. The third-order valence-corrected chi connectivity index (χ3v) is 0.821. The Balaban J connectivity index is 3.52. The summed E-state index contributed by atoms with van der Waals surface area (Å²) in [7, 11) is 1.52. The van der Waals surface area contributed by atoms with Gasteiger partial charge in [-0.2, -0.15) is 0 Å². The van der Waals surface area contributed by atoms with Crippen LogP contribution in [0.25, 0.3) is 0 Å². The Morgan fingerprint density at radius 3 is 2.75 bits per heavy atom. The van der Waals surface area contributed by atoms with Crippen LogP contribution >= 0.6 is 12.2 Å². The average molecular weight is 128 g/mol. The predicted molar refractivity (Wildman–Crippen MR) is 37.7 cm³/mol. The van der Waals surface area contributed by atoms with Gasteiger partial charge in [-0.1, -0.05) is 12.8 Å². The maximum absolute atomic E-state index is 4.62. The third kappa shape index (κ3) is 3.63. The zero-order chi connectivity index (χ0) is 6.41. The van der Waals surface area contributed by atoms with Gasteiger partial charge in [0.05, 0.1) is 7.11 Å². The zero-order valence-corrected chi connectivity index (χ0v) is 5.84. The summed E-state index contributed by atoms with van der Waals surface area (Å²) >= 11 is 4.62. The minimum Gasteiger partial charge on any atom is -0.480 e. The van der Waals surface area contributed by atoms with E-state index < -0.39 is 0 Å². The summed E-state index contributed by atoms with van der Waals surface area (Å²) in [6.07, 6.45) is 0.823. The van der Waals surface area contributed by atoms with Gasteiger partial charge in [0.15, 0.2) is 0 Å². The van der Waals surface area contributed by atoms with E-state index in [0.29, 0.717) is 5.05 Å². The van der Waals surface area contributed by atoms with Crippen molar-refractivity contribution in [2.24, 2.45) is 0 Å². The Bertz CT molecular complexity index is 129. The topological polar surface area (TPSA) is 9.23 Å². The van der Waals surface area contributed by atoms with Crippen molar-refractivity contribution in [1.29, 1.82) is 0 Å². The first-order chi connectivity index (χ1) is 3.81. The van der Waals surface area contributed by atoms with Crippen LogP contribution < -0.4 is 0 Å². The maximum atomic E-state index is 4.62. The Hall–Kier alpha value is -0.550. The smallest absolute Gasteiger partial charge is 0.237 e. The molecule has 0 aromatic rings. The summed E-state index contributed by atoms with van der Waals surface area (Å²) in [5, 5.41) is 0.367. The Labute approximate surface area is 55.0 Å². The second-order valence-corrected chi connectivity index (χ2v) is 1.52. The summed E-state index contributed by atoms with van der Waals surface area (Å²) in [6, 6.07) is 0. The number of ether oxygens (including phenoxy) is 1. The monoisotopic (exact) mass is 128 g/mol. The van der Waals surface area contributed by atoms with Crippen LogP contribution in [-0.2, 0) is 4.74 Å². The van der Waals surface area contributed by atoms with Crippen molar-refractivity contribution in [1.82, 2.24) is 0 Å². The zero-order valence-electron chi connectivity index (χ0n) is 5.02. The van der Waals surface area contributed by atoms with Gasteiger partial charge >= 0.3 is 0 Å². The lowest BCUT2D eigenvalue weighted by Crippen LogP contribution is -1.90. The summed E-state index contributed by atoms with van der Waals surface area (Å²) in [5.41, 5.74) is 0. The van der Waals surface area contributed by atoms with Crippen molar-refractivity contribution in [3.8, 4) is 11.8 Å². The molecule has 0 bridgehead atoms. The third-order valence-electron chi connectivity index (χ3n) is 0.553. The SMILES string of the molecule is CCC#CC(=S)OC. The Morgan fingerprint density at radius 2 is 2.38 bits per heavy atom. The molecule has 1 nitrogen and oxygen atoms in total. The van der Waals surface area contributed by atoms with E-state index in [1.165, 1.54) is 7.11 Å². The van der Waals surface area contributed by atoms with Gasteiger partial charge in [0.1, 0.15) is 0 Å². The van der Waals surface area contributed by atoms with Crippen molar-refractivity contribution in [3.05, 3.63) is 0 Å². The lowest BCUT2D eigenvalue weighted by molar-refractivity contribution is 0.420. The molecule has 0 heterocycles. The van der Waals surface area contributed by atoms with E-state index in [4.69, 9.17) is 0 Å². The van der Waals surface area contributed by atoms with Crippen molar-refractivity contribution in [3.63, 3.8) is 0 Å².